The monoisotopic (exact) mass is 476 g/mol. The number of nitrogens with zero attached hydrogens (tertiary/aromatic N) is 1. The molecule has 156 valence electrons. The summed E-state index contributed by atoms with van der Waals surface area (Å²) in [6.45, 7) is 4.11. The van der Waals surface area contributed by atoms with E-state index in [0.717, 1.165) is 39.0 Å². The van der Waals surface area contributed by atoms with Crippen molar-refractivity contribution < 1.29 is 14.4 Å². The summed E-state index contributed by atoms with van der Waals surface area (Å²) in [4.78, 5) is 39.5. The quantitative estimate of drug-likeness (QED) is 0.485. The van der Waals surface area contributed by atoms with Gasteiger partial charge >= 0.3 is 0 Å². The Bertz CT molecular complexity index is 1180. The molecule has 0 atom stereocenters. The maximum atomic E-state index is 12.9. The Kier molecular flexibility index (Phi) is 5.74. The zero-order valence-corrected chi connectivity index (χ0v) is 18.8. The normalized spacial score (nSPS) is 12.8. The summed E-state index contributed by atoms with van der Waals surface area (Å²) >= 11 is 3.33. The van der Waals surface area contributed by atoms with Crippen LogP contribution < -0.4 is 10.2 Å². The smallest absolute Gasteiger partial charge is 0.266 e. The topological polar surface area (TPSA) is 66.5 Å². The number of amides is 3. The van der Waals surface area contributed by atoms with Gasteiger partial charge in [0.15, 0.2) is 0 Å². The fourth-order valence-corrected chi connectivity index (χ4v) is 4.16. The molecule has 4 rings (SSSR count). The number of aryl methyl sites for hydroxylation is 2. The van der Waals surface area contributed by atoms with Crippen LogP contribution in [-0.4, -0.2) is 17.7 Å². The van der Waals surface area contributed by atoms with Crippen molar-refractivity contribution in [2.45, 2.75) is 26.7 Å². The van der Waals surface area contributed by atoms with Gasteiger partial charge in [-0.3, -0.25) is 14.4 Å². The van der Waals surface area contributed by atoms with E-state index in [1.807, 2.05) is 18.2 Å². The molecule has 0 unspecified atom stereocenters. The largest absolute Gasteiger partial charge is 0.321 e. The van der Waals surface area contributed by atoms with Crippen molar-refractivity contribution in [3.8, 4) is 0 Å². The number of nitrogens with one attached hydrogen (secondary N) is 1. The number of fused-ring (bicyclic) bond motifs is 1. The molecule has 0 saturated carbocycles. The molecule has 0 radical (unpaired) electrons. The van der Waals surface area contributed by atoms with E-state index in [1.165, 1.54) is 0 Å². The maximum Gasteiger partial charge on any atom is 0.266 e. The molecule has 1 aliphatic heterocycles. The molecule has 3 aromatic carbocycles. The lowest BCUT2D eigenvalue weighted by molar-refractivity contribution is 0.0925. The van der Waals surface area contributed by atoms with Gasteiger partial charge in [-0.2, -0.15) is 0 Å². The second kappa shape index (κ2) is 8.47. The van der Waals surface area contributed by atoms with Crippen molar-refractivity contribution in [1.82, 2.24) is 0 Å². The van der Waals surface area contributed by atoms with Crippen LogP contribution in [0.1, 0.15) is 56.0 Å². The van der Waals surface area contributed by atoms with E-state index >= 15 is 0 Å². The molecule has 5 nitrogen and oxygen atoms in total. The highest BCUT2D eigenvalue weighted by molar-refractivity contribution is 9.10. The van der Waals surface area contributed by atoms with Crippen molar-refractivity contribution in [3.05, 3.63) is 93.0 Å². The molecule has 0 fully saturated rings. The second-order valence-electron chi connectivity index (χ2n) is 7.29. The van der Waals surface area contributed by atoms with E-state index in [4.69, 9.17) is 0 Å². The Balaban J connectivity index is 1.58. The summed E-state index contributed by atoms with van der Waals surface area (Å²) in [6.07, 6.45) is 1.64. The number of imide groups is 1. The molecule has 0 aromatic heterocycles. The fraction of sp³-hybridized carbons (Fsp3) is 0.160. The van der Waals surface area contributed by atoms with E-state index in [2.05, 4.69) is 35.1 Å². The molecule has 31 heavy (non-hydrogen) atoms. The van der Waals surface area contributed by atoms with Crippen LogP contribution in [0.4, 0.5) is 11.4 Å². The highest BCUT2D eigenvalue weighted by Crippen LogP contribution is 2.30. The van der Waals surface area contributed by atoms with Crippen molar-refractivity contribution in [3.63, 3.8) is 0 Å². The zero-order valence-electron chi connectivity index (χ0n) is 17.2. The molecule has 0 saturated heterocycles. The predicted octanol–water partition coefficient (Wildman–Crippen LogP) is 5.63. The minimum Gasteiger partial charge on any atom is -0.321 e. The van der Waals surface area contributed by atoms with Gasteiger partial charge in [-0.1, -0.05) is 48.0 Å². The van der Waals surface area contributed by atoms with Gasteiger partial charge in [0.05, 0.1) is 16.8 Å². The summed E-state index contributed by atoms with van der Waals surface area (Å²) in [5.74, 6) is -0.967. The average molecular weight is 477 g/mol. The first-order chi connectivity index (χ1) is 14.9. The molecule has 1 heterocycles. The first-order valence-corrected chi connectivity index (χ1v) is 10.9. The number of para-hydroxylation sites is 1. The summed E-state index contributed by atoms with van der Waals surface area (Å²) in [5, 5.41) is 3.03. The van der Waals surface area contributed by atoms with Crippen LogP contribution in [0.3, 0.4) is 0 Å². The first-order valence-electron chi connectivity index (χ1n) is 10.1. The first kappa shape index (κ1) is 21.0. The van der Waals surface area contributed by atoms with Crippen molar-refractivity contribution in [2.75, 3.05) is 10.2 Å². The van der Waals surface area contributed by atoms with Gasteiger partial charge in [0.25, 0.3) is 17.7 Å². The number of hydrogen-bond donors (Lipinski definition) is 1. The molecule has 1 N–H and O–H groups in total. The highest BCUT2D eigenvalue weighted by Gasteiger charge is 2.36. The standard InChI is InChI=1S/C25H21BrN2O3/c1-3-15-6-5-7-16(4-2)22(15)27-23(29)17-8-11-19(12-9-17)28-24(30)20-13-10-18(26)14-21(20)25(28)31/h5-14H,3-4H2,1-2H3,(H,27,29). The molecule has 6 heteroatoms. The van der Waals surface area contributed by atoms with Crippen molar-refractivity contribution in [2.24, 2.45) is 0 Å². The Morgan fingerprint density at radius 2 is 1.48 bits per heavy atom. The Morgan fingerprint density at radius 1 is 0.871 bits per heavy atom. The Labute approximate surface area is 189 Å². The molecule has 0 aliphatic carbocycles. The van der Waals surface area contributed by atoms with Gasteiger partial charge in [-0.15, -0.1) is 0 Å². The van der Waals surface area contributed by atoms with Crippen molar-refractivity contribution in [1.29, 1.82) is 0 Å². The van der Waals surface area contributed by atoms with Gasteiger partial charge in [0.2, 0.25) is 0 Å². The van der Waals surface area contributed by atoms with Gasteiger partial charge < -0.3 is 5.32 Å². The number of carbonyl (C=O) groups is 3. The fourth-order valence-electron chi connectivity index (χ4n) is 3.80. The molecular weight excluding hydrogens is 456 g/mol. The van der Waals surface area contributed by atoms with Gasteiger partial charge in [-0.25, -0.2) is 4.90 Å². The minimum absolute atomic E-state index is 0.228. The van der Waals surface area contributed by atoms with Crippen LogP contribution in [0.15, 0.2) is 65.1 Å². The van der Waals surface area contributed by atoms with Crippen LogP contribution in [0, 0.1) is 0 Å². The molecule has 3 aromatic rings. The SMILES string of the molecule is CCc1cccc(CC)c1NC(=O)c1ccc(N2C(=O)c3ccc(Br)cc3C2=O)cc1. The lowest BCUT2D eigenvalue weighted by atomic mass is 10.0. The summed E-state index contributed by atoms with van der Waals surface area (Å²) in [5.41, 5.74) is 4.65. The molecule has 1 aliphatic rings. The lowest BCUT2D eigenvalue weighted by Gasteiger charge is -2.16. The number of hydrogen-bond acceptors (Lipinski definition) is 3. The van der Waals surface area contributed by atoms with E-state index < -0.39 is 0 Å². The molecule has 0 spiro atoms. The molecule has 0 bridgehead atoms. The van der Waals surface area contributed by atoms with E-state index in [1.54, 1.807) is 42.5 Å². The van der Waals surface area contributed by atoms with Crippen LogP contribution in [0.2, 0.25) is 0 Å². The summed E-state index contributed by atoms with van der Waals surface area (Å²) in [7, 11) is 0. The maximum absolute atomic E-state index is 12.9. The summed E-state index contributed by atoms with van der Waals surface area (Å²) < 4.78 is 0.736. The number of carbonyl (C=O) groups excluding carboxylic acids is 3. The third-order valence-electron chi connectivity index (χ3n) is 5.47. The van der Waals surface area contributed by atoms with Crippen LogP contribution in [0.25, 0.3) is 0 Å². The zero-order chi connectivity index (χ0) is 22.1. The van der Waals surface area contributed by atoms with Gasteiger partial charge in [0, 0.05) is 15.7 Å². The van der Waals surface area contributed by atoms with Gasteiger partial charge in [-0.05, 0) is 66.4 Å². The number of halogens is 1. The summed E-state index contributed by atoms with van der Waals surface area (Å²) in [6, 6.07) is 17.6. The minimum atomic E-state index is -0.372. The predicted molar refractivity (Wildman–Crippen MR) is 125 cm³/mol. The molecule has 3 amide bonds. The van der Waals surface area contributed by atoms with Crippen LogP contribution >= 0.6 is 15.9 Å². The number of benzene rings is 3. The van der Waals surface area contributed by atoms with Crippen LogP contribution in [0.5, 0.6) is 0 Å². The lowest BCUT2D eigenvalue weighted by Crippen LogP contribution is -2.29. The van der Waals surface area contributed by atoms with E-state index in [-0.39, 0.29) is 17.7 Å². The highest BCUT2D eigenvalue weighted by atomic mass is 79.9. The Morgan fingerprint density at radius 3 is 2.10 bits per heavy atom. The molecular formula is C25H21BrN2O3. The number of anilines is 2. The average Bonchev–Trinajstić information content (AvgIpc) is 3.03. The second-order valence-corrected chi connectivity index (χ2v) is 8.21. The van der Waals surface area contributed by atoms with E-state index in [0.29, 0.717) is 22.4 Å². The number of rotatable bonds is 5. The third kappa shape index (κ3) is 3.79. The van der Waals surface area contributed by atoms with Crippen LogP contribution in [-0.2, 0) is 12.8 Å². The van der Waals surface area contributed by atoms with Gasteiger partial charge in [0.1, 0.15) is 0 Å². The third-order valence-corrected chi connectivity index (χ3v) is 5.97. The van der Waals surface area contributed by atoms with E-state index in [9.17, 15) is 14.4 Å². The van der Waals surface area contributed by atoms with Crippen molar-refractivity contribution >= 4 is 45.0 Å². The Hall–Kier alpha value is -3.25.